The van der Waals surface area contributed by atoms with E-state index in [-0.39, 0.29) is 6.71 Å². The molecule has 0 N–H and O–H groups in total. The van der Waals surface area contributed by atoms with Crippen LogP contribution in [0.3, 0.4) is 0 Å². The Bertz CT molecular complexity index is 2130. The second-order valence-corrected chi connectivity index (χ2v) is 11.5. The van der Waals surface area contributed by atoms with Gasteiger partial charge in [-0.2, -0.15) is 0 Å². The van der Waals surface area contributed by atoms with E-state index in [2.05, 4.69) is 132 Å². The molecule has 9 rings (SSSR count). The Morgan fingerprint density at radius 3 is 2.10 bits per heavy atom. The third-order valence-corrected chi connectivity index (χ3v) is 9.52. The van der Waals surface area contributed by atoms with Crippen LogP contribution in [0, 0.1) is 0 Å². The molecule has 3 heterocycles. The summed E-state index contributed by atoms with van der Waals surface area (Å²) in [4.78, 5) is 5.14. The van der Waals surface area contributed by atoms with Gasteiger partial charge in [0.1, 0.15) is 11.2 Å². The van der Waals surface area contributed by atoms with Crippen LogP contribution in [-0.4, -0.2) is 6.71 Å². The van der Waals surface area contributed by atoms with E-state index in [9.17, 15) is 0 Å². The Kier molecular flexibility index (Phi) is 4.67. The van der Waals surface area contributed by atoms with Crippen LogP contribution in [0.5, 0.6) is 0 Å². The fourth-order valence-electron chi connectivity index (χ4n) is 6.70. The number of fused-ring (bicyclic) bond motifs is 7. The summed E-state index contributed by atoms with van der Waals surface area (Å²) in [5.74, 6) is 0. The lowest BCUT2D eigenvalue weighted by Gasteiger charge is -2.40. The Morgan fingerprint density at radius 1 is 0.500 bits per heavy atom. The molecule has 2 nitrogen and oxygen atoms in total. The predicted molar refractivity (Wildman–Crippen MR) is 169 cm³/mol. The highest BCUT2D eigenvalue weighted by molar-refractivity contribution is 8.00. The summed E-state index contributed by atoms with van der Waals surface area (Å²) >= 11 is 1.88. The summed E-state index contributed by atoms with van der Waals surface area (Å²) < 4.78 is 6.50. The number of furan rings is 1. The van der Waals surface area contributed by atoms with Gasteiger partial charge >= 0.3 is 0 Å². The van der Waals surface area contributed by atoms with Crippen LogP contribution in [0.25, 0.3) is 33.1 Å². The maximum absolute atomic E-state index is 6.50. The van der Waals surface area contributed by atoms with E-state index in [4.69, 9.17) is 4.42 Å². The van der Waals surface area contributed by atoms with Crippen LogP contribution in [0.15, 0.2) is 148 Å². The topological polar surface area (TPSA) is 16.4 Å². The summed E-state index contributed by atoms with van der Waals surface area (Å²) in [5, 5.41) is 2.29. The maximum Gasteiger partial charge on any atom is 0.249 e. The average Bonchev–Trinajstić information content (AvgIpc) is 3.40. The summed E-state index contributed by atoms with van der Waals surface area (Å²) in [6.45, 7) is 0.210. The van der Waals surface area contributed by atoms with E-state index in [0.29, 0.717) is 0 Å². The Balaban J connectivity index is 1.33. The van der Waals surface area contributed by atoms with Crippen LogP contribution in [-0.2, 0) is 0 Å². The second-order valence-electron chi connectivity index (χ2n) is 10.5. The molecule has 0 atom stereocenters. The molecule has 6 aromatic carbocycles. The molecular weight excluding hydrogens is 505 g/mol. The van der Waals surface area contributed by atoms with Crippen molar-refractivity contribution in [3.63, 3.8) is 0 Å². The Hall–Kier alpha value is -4.67. The molecule has 4 heteroatoms. The van der Waals surface area contributed by atoms with Crippen LogP contribution in [0.4, 0.5) is 17.1 Å². The molecule has 0 radical (unpaired) electrons. The second kappa shape index (κ2) is 8.42. The zero-order valence-electron chi connectivity index (χ0n) is 21.5. The number of hydrogen-bond acceptors (Lipinski definition) is 3. The van der Waals surface area contributed by atoms with Crippen LogP contribution in [0.2, 0.25) is 0 Å². The molecule has 7 aromatic rings. The van der Waals surface area contributed by atoms with E-state index in [1.54, 1.807) is 0 Å². The predicted octanol–water partition coefficient (Wildman–Crippen LogP) is 8.02. The van der Waals surface area contributed by atoms with Crippen molar-refractivity contribution in [2.24, 2.45) is 0 Å². The van der Waals surface area contributed by atoms with Crippen LogP contribution >= 0.6 is 11.8 Å². The molecule has 1 aromatic heterocycles. The van der Waals surface area contributed by atoms with E-state index in [1.807, 2.05) is 17.8 Å². The molecule has 0 fully saturated rings. The van der Waals surface area contributed by atoms with Crippen molar-refractivity contribution in [1.82, 2.24) is 0 Å². The van der Waals surface area contributed by atoms with E-state index in [1.165, 1.54) is 37.6 Å². The number of hydrogen-bond donors (Lipinski definition) is 0. The standard InChI is InChI=1S/C36H22BNOS/c1-5-17-29(23(11-1)25-13-9-14-26-24-12-2-7-20-32(24)39-36(25)26)38-30-18-6-3-15-27(30)37-28-16-4-8-21-33(28)40-34-22-10-19-31(38)35(34)37/h1-22H. The van der Waals surface area contributed by atoms with E-state index in [0.717, 1.165) is 38.8 Å². The van der Waals surface area contributed by atoms with Gasteiger partial charge in [-0.05, 0) is 47.3 Å². The Morgan fingerprint density at radius 2 is 1.15 bits per heavy atom. The number of rotatable bonds is 2. The quantitative estimate of drug-likeness (QED) is 0.212. The molecule has 0 saturated heterocycles. The lowest BCUT2D eigenvalue weighted by molar-refractivity contribution is 0.670. The van der Waals surface area contributed by atoms with Crippen molar-refractivity contribution in [2.75, 3.05) is 4.90 Å². The van der Waals surface area contributed by atoms with Crippen molar-refractivity contribution in [3.05, 3.63) is 133 Å². The fraction of sp³-hybridized carbons (Fsp3) is 0. The zero-order valence-corrected chi connectivity index (χ0v) is 22.4. The minimum Gasteiger partial charge on any atom is -0.455 e. The third-order valence-electron chi connectivity index (χ3n) is 8.35. The first-order valence-electron chi connectivity index (χ1n) is 13.7. The number of para-hydroxylation sites is 4. The summed E-state index contributed by atoms with van der Waals surface area (Å²) in [7, 11) is 0. The van der Waals surface area contributed by atoms with Gasteiger partial charge in [0.2, 0.25) is 6.71 Å². The zero-order chi connectivity index (χ0) is 26.2. The fourth-order valence-corrected chi connectivity index (χ4v) is 7.86. The van der Waals surface area contributed by atoms with Crippen LogP contribution < -0.4 is 21.3 Å². The van der Waals surface area contributed by atoms with Gasteiger partial charge in [0.15, 0.2) is 0 Å². The monoisotopic (exact) mass is 527 g/mol. The highest BCUT2D eigenvalue weighted by Gasteiger charge is 2.40. The van der Waals surface area contributed by atoms with Crippen molar-refractivity contribution in [3.8, 4) is 11.1 Å². The van der Waals surface area contributed by atoms with Gasteiger partial charge < -0.3 is 9.32 Å². The summed E-state index contributed by atoms with van der Waals surface area (Å²) in [6.07, 6.45) is 0. The van der Waals surface area contributed by atoms with E-state index >= 15 is 0 Å². The molecule has 186 valence electrons. The number of nitrogens with zero attached hydrogens (tertiary/aromatic N) is 1. The van der Waals surface area contributed by atoms with Crippen molar-refractivity contribution >= 4 is 73.9 Å². The highest BCUT2D eigenvalue weighted by atomic mass is 32.2. The SMILES string of the molecule is c1ccc2c(c1)Sc1cccc3c1B2c1ccccc1N3c1ccccc1-c1cccc2c1oc1ccccc12. The van der Waals surface area contributed by atoms with Gasteiger partial charge in [0.25, 0.3) is 0 Å². The molecule has 2 aliphatic rings. The van der Waals surface area contributed by atoms with Crippen molar-refractivity contribution in [1.29, 1.82) is 0 Å². The summed E-state index contributed by atoms with van der Waals surface area (Å²) in [6, 6.07) is 48.1. The molecule has 0 spiro atoms. The first kappa shape index (κ1) is 22.2. The van der Waals surface area contributed by atoms with Gasteiger partial charge in [-0.15, -0.1) is 0 Å². The third kappa shape index (κ3) is 3.03. The normalized spacial score (nSPS) is 13.3. The molecule has 2 aliphatic heterocycles. The maximum atomic E-state index is 6.50. The Labute approximate surface area is 237 Å². The highest BCUT2D eigenvalue weighted by Crippen LogP contribution is 2.46. The minimum absolute atomic E-state index is 0.210. The number of benzene rings is 6. The van der Waals surface area contributed by atoms with Crippen molar-refractivity contribution < 1.29 is 4.42 Å². The molecule has 0 bridgehead atoms. The first-order valence-corrected chi connectivity index (χ1v) is 14.5. The molecule has 0 unspecified atom stereocenters. The van der Waals surface area contributed by atoms with Gasteiger partial charge in [-0.3, -0.25) is 0 Å². The van der Waals surface area contributed by atoms with Gasteiger partial charge in [-0.1, -0.05) is 114 Å². The summed E-state index contributed by atoms with van der Waals surface area (Å²) in [5.41, 5.74) is 11.8. The average molecular weight is 527 g/mol. The van der Waals surface area contributed by atoms with Gasteiger partial charge in [0.05, 0.1) is 5.69 Å². The smallest absolute Gasteiger partial charge is 0.249 e. The number of anilines is 3. The minimum atomic E-state index is 0.210. The largest absolute Gasteiger partial charge is 0.455 e. The lowest BCUT2D eigenvalue weighted by atomic mass is 9.35. The van der Waals surface area contributed by atoms with Gasteiger partial charge in [-0.25, -0.2) is 0 Å². The van der Waals surface area contributed by atoms with E-state index < -0.39 is 0 Å². The molecule has 40 heavy (non-hydrogen) atoms. The lowest BCUT2D eigenvalue weighted by Crippen LogP contribution is -2.59. The van der Waals surface area contributed by atoms with Crippen molar-refractivity contribution in [2.45, 2.75) is 9.79 Å². The molecule has 0 amide bonds. The van der Waals surface area contributed by atoms with Gasteiger partial charge in [0, 0.05) is 43.1 Å². The van der Waals surface area contributed by atoms with Crippen LogP contribution in [0.1, 0.15) is 0 Å². The molecular formula is C36H22BNOS. The molecule has 0 saturated carbocycles. The molecule has 0 aliphatic carbocycles. The first-order chi connectivity index (χ1) is 19.9.